The molecule has 3 heterocycles. The van der Waals surface area contributed by atoms with Crippen molar-refractivity contribution in [3.05, 3.63) is 69.2 Å². The summed E-state index contributed by atoms with van der Waals surface area (Å²) >= 11 is 2.72. The number of amides is 1. The van der Waals surface area contributed by atoms with Crippen molar-refractivity contribution in [3.8, 4) is 11.1 Å². The predicted octanol–water partition coefficient (Wildman–Crippen LogP) is 4.67. The van der Waals surface area contributed by atoms with E-state index < -0.39 is 5.25 Å². The van der Waals surface area contributed by atoms with Crippen molar-refractivity contribution in [1.29, 1.82) is 0 Å². The van der Waals surface area contributed by atoms with Crippen molar-refractivity contribution in [3.63, 3.8) is 0 Å². The number of carbonyl (C=O) groups excluding carboxylic acids is 1. The molecule has 1 amide bonds. The number of benzene rings is 1. The van der Waals surface area contributed by atoms with Crippen LogP contribution in [0, 0.1) is 13.8 Å². The zero-order valence-corrected chi connectivity index (χ0v) is 19.4. The van der Waals surface area contributed by atoms with Crippen LogP contribution in [-0.4, -0.2) is 20.7 Å². The second kappa shape index (κ2) is 8.72. The van der Waals surface area contributed by atoms with Gasteiger partial charge in [0.05, 0.1) is 23.4 Å². The average Bonchev–Trinajstić information content (AvgIpc) is 3.42. The maximum absolute atomic E-state index is 13.2. The first kappa shape index (κ1) is 21.4. The van der Waals surface area contributed by atoms with E-state index in [4.69, 9.17) is 9.40 Å². The van der Waals surface area contributed by atoms with Gasteiger partial charge in [0.2, 0.25) is 5.91 Å². The van der Waals surface area contributed by atoms with Gasteiger partial charge < -0.3 is 9.73 Å². The predicted molar refractivity (Wildman–Crippen MR) is 126 cm³/mol. The summed E-state index contributed by atoms with van der Waals surface area (Å²) in [5.41, 5.74) is 4.21. The molecule has 0 radical (unpaired) electrons. The van der Waals surface area contributed by atoms with Gasteiger partial charge in [-0.15, -0.1) is 11.3 Å². The van der Waals surface area contributed by atoms with Crippen LogP contribution < -0.4 is 10.9 Å². The number of thiophene rings is 1. The van der Waals surface area contributed by atoms with Crippen molar-refractivity contribution in [2.24, 2.45) is 7.05 Å². The molecule has 0 saturated heterocycles. The normalized spacial score (nSPS) is 12.3. The Hall–Kier alpha value is -2.84. The maximum Gasteiger partial charge on any atom is 0.263 e. The van der Waals surface area contributed by atoms with Gasteiger partial charge in [-0.1, -0.05) is 30.0 Å². The number of nitrogens with one attached hydrogen (secondary N) is 1. The second-order valence-corrected chi connectivity index (χ2v) is 9.61. The Morgan fingerprint density at radius 3 is 2.81 bits per heavy atom. The molecule has 6 nitrogen and oxygen atoms in total. The van der Waals surface area contributed by atoms with Gasteiger partial charge in [0.15, 0.2) is 5.16 Å². The number of aromatic nitrogens is 2. The molecule has 1 aromatic carbocycles. The van der Waals surface area contributed by atoms with E-state index >= 15 is 0 Å². The third kappa shape index (κ3) is 4.31. The van der Waals surface area contributed by atoms with Crippen LogP contribution >= 0.6 is 23.1 Å². The first-order valence-electron chi connectivity index (χ1n) is 9.87. The molecule has 1 atom stereocenters. The molecule has 4 rings (SSSR count). The molecular weight excluding hydrogens is 430 g/mol. The van der Waals surface area contributed by atoms with Crippen molar-refractivity contribution in [1.82, 2.24) is 14.9 Å². The molecule has 0 aliphatic heterocycles. The third-order valence-electron chi connectivity index (χ3n) is 5.26. The fourth-order valence-electron chi connectivity index (χ4n) is 3.22. The summed E-state index contributed by atoms with van der Waals surface area (Å²) in [5.74, 6) is 0.549. The summed E-state index contributed by atoms with van der Waals surface area (Å²) in [4.78, 5) is 31.0. The van der Waals surface area contributed by atoms with Gasteiger partial charge >= 0.3 is 0 Å². The van der Waals surface area contributed by atoms with E-state index in [1.165, 1.54) is 38.8 Å². The Balaban J connectivity index is 1.60. The molecule has 0 fully saturated rings. The lowest BCUT2D eigenvalue weighted by Gasteiger charge is -2.13. The van der Waals surface area contributed by atoms with E-state index in [0.29, 0.717) is 27.7 Å². The van der Waals surface area contributed by atoms with Gasteiger partial charge in [-0.25, -0.2) is 4.98 Å². The van der Waals surface area contributed by atoms with Crippen molar-refractivity contribution in [2.75, 3.05) is 0 Å². The smallest absolute Gasteiger partial charge is 0.263 e. The van der Waals surface area contributed by atoms with Gasteiger partial charge in [-0.2, -0.15) is 0 Å². The lowest BCUT2D eigenvalue weighted by molar-refractivity contribution is -0.120. The number of nitrogens with zero attached hydrogens (tertiary/aromatic N) is 2. The second-order valence-electron chi connectivity index (χ2n) is 7.44. The van der Waals surface area contributed by atoms with Crippen molar-refractivity contribution in [2.45, 2.75) is 37.7 Å². The zero-order chi connectivity index (χ0) is 22.1. The summed E-state index contributed by atoms with van der Waals surface area (Å²) in [5, 5.41) is 5.56. The lowest BCUT2D eigenvalue weighted by Crippen LogP contribution is -2.31. The minimum absolute atomic E-state index is 0.106. The number of thioether (sulfide) groups is 1. The SMILES string of the molecule is Cc1ccc(-c2csc3nc(SC(C)C(=O)NCc4ccco4)n(C)c(=O)c23)cc1C. The number of hydrogen-bond donors (Lipinski definition) is 1. The van der Waals surface area contributed by atoms with Gasteiger partial charge in [-0.05, 0) is 49.6 Å². The summed E-state index contributed by atoms with van der Waals surface area (Å²) < 4.78 is 6.77. The summed E-state index contributed by atoms with van der Waals surface area (Å²) in [6.45, 7) is 6.26. The average molecular weight is 454 g/mol. The number of rotatable bonds is 6. The van der Waals surface area contributed by atoms with Crippen LogP contribution in [0.3, 0.4) is 0 Å². The summed E-state index contributed by atoms with van der Waals surface area (Å²) in [6.07, 6.45) is 1.57. The summed E-state index contributed by atoms with van der Waals surface area (Å²) in [6, 6.07) is 9.80. The van der Waals surface area contributed by atoms with E-state index in [1.54, 1.807) is 32.4 Å². The van der Waals surface area contributed by atoms with Crippen molar-refractivity contribution >= 4 is 39.2 Å². The lowest BCUT2D eigenvalue weighted by atomic mass is 10.0. The van der Waals surface area contributed by atoms with Crippen LogP contribution in [-0.2, 0) is 18.4 Å². The molecule has 1 N–H and O–H groups in total. The Morgan fingerprint density at radius 1 is 1.29 bits per heavy atom. The first-order valence-corrected chi connectivity index (χ1v) is 11.6. The van der Waals surface area contributed by atoms with Gasteiger partial charge in [-0.3, -0.25) is 14.2 Å². The molecule has 31 heavy (non-hydrogen) atoms. The molecule has 8 heteroatoms. The molecule has 160 valence electrons. The topological polar surface area (TPSA) is 77.1 Å². The van der Waals surface area contributed by atoms with E-state index in [0.717, 1.165) is 11.1 Å². The molecule has 4 aromatic rings. The number of fused-ring (bicyclic) bond motifs is 1. The van der Waals surface area contributed by atoms with E-state index in [-0.39, 0.29) is 11.5 Å². The number of hydrogen-bond acceptors (Lipinski definition) is 6. The summed E-state index contributed by atoms with van der Waals surface area (Å²) in [7, 11) is 1.70. The highest BCUT2D eigenvalue weighted by Crippen LogP contribution is 2.33. The molecule has 0 bridgehead atoms. The Morgan fingerprint density at radius 2 is 2.10 bits per heavy atom. The fraction of sp³-hybridized carbons (Fsp3) is 0.261. The van der Waals surface area contributed by atoms with Gasteiger partial charge in [0, 0.05) is 18.0 Å². The number of carbonyl (C=O) groups is 1. The maximum atomic E-state index is 13.2. The molecule has 3 aromatic heterocycles. The van der Waals surface area contributed by atoms with Crippen LogP contribution in [0.4, 0.5) is 0 Å². The Bertz CT molecular complexity index is 1310. The van der Waals surface area contributed by atoms with E-state index in [2.05, 4.69) is 31.3 Å². The Kier molecular flexibility index (Phi) is 6.02. The monoisotopic (exact) mass is 453 g/mol. The van der Waals surface area contributed by atoms with Crippen LogP contribution in [0.2, 0.25) is 0 Å². The molecule has 0 spiro atoms. The molecule has 0 aliphatic rings. The van der Waals surface area contributed by atoms with E-state index in [1.807, 2.05) is 11.4 Å². The van der Waals surface area contributed by atoms with Crippen LogP contribution in [0.15, 0.2) is 56.3 Å². The van der Waals surface area contributed by atoms with Crippen LogP contribution in [0.5, 0.6) is 0 Å². The van der Waals surface area contributed by atoms with Crippen LogP contribution in [0.25, 0.3) is 21.3 Å². The number of furan rings is 1. The first-order chi connectivity index (χ1) is 14.8. The minimum Gasteiger partial charge on any atom is -0.467 e. The molecule has 0 aliphatic carbocycles. The minimum atomic E-state index is -0.412. The zero-order valence-electron chi connectivity index (χ0n) is 17.8. The van der Waals surface area contributed by atoms with Gasteiger partial charge in [0.25, 0.3) is 5.56 Å². The fourth-order valence-corrected chi connectivity index (χ4v) is 5.11. The van der Waals surface area contributed by atoms with Crippen molar-refractivity contribution < 1.29 is 9.21 Å². The molecular formula is C23H23N3O3S2. The quantitative estimate of drug-likeness (QED) is 0.339. The largest absolute Gasteiger partial charge is 0.467 e. The highest BCUT2D eigenvalue weighted by atomic mass is 32.2. The highest BCUT2D eigenvalue weighted by molar-refractivity contribution is 8.00. The number of aryl methyl sites for hydroxylation is 2. The molecule has 1 unspecified atom stereocenters. The van der Waals surface area contributed by atoms with E-state index in [9.17, 15) is 9.59 Å². The highest BCUT2D eigenvalue weighted by Gasteiger charge is 2.20. The third-order valence-corrected chi connectivity index (χ3v) is 7.28. The Labute approximate surface area is 188 Å². The standard InChI is InChI=1S/C23H23N3O3S2/c1-13-7-8-16(10-14(13)2)18-12-30-21-19(18)22(28)26(4)23(25-21)31-15(3)20(27)24-11-17-6-5-9-29-17/h5-10,12,15H,11H2,1-4H3,(H,24,27). The molecule has 0 saturated carbocycles. The van der Waals surface area contributed by atoms with Gasteiger partial charge in [0.1, 0.15) is 10.6 Å². The van der Waals surface area contributed by atoms with Crippen LogP contribution in [0.1, 0.15) is 23.8 Å².